The van der Waals surface area contributed by atoms with Crippen molar-refractivity contribution in [2.75, 3.05) is 13.7 Å². The molecule has 0 spiro atoms. The van der Waals surface area contributed by atoms with Gasteiger partial charge in [-0.25, -0.2) is 4.98 Å². The van der Waals surface area contributed by atoms with Crippen LogP contribution in [-0.4, -0.2) is 29.1 Å². The van der Waals surface area contributed by atoms with Crippen LogP contribution in [0.3, 0.4) is 0 Å². The SMILES string of the molecule is COc1ccccc1C(NCCC(N)=O)c1nccn1C. The Bertz CT molecular complexity index is 609. The topological polar surface area (TPSA) is 82.2 Å². The van der Waals surface area contributed by atoms with Gasteiger partial charge in [0.15, 0.2) is 0 Å². The number of aromatic nitrogens is 2. The van der Waals surface area contributed by atoms with E-state index in [1.165, 1.54) is 0 Å². The Morgan fingerprint density at radius 3 is 2.86 bits per heavy atom. The molecule has 1 atom stereocenters. The second-order valence-corrected chi connectivity index (χ2v) is 4.74. The number of primary amides is 1. The zero-order chi connectivity index (χ0) is 15.2. The molecular formula is C15H20N4O2. The number of aryl methyl sites for hydroxylation is 1. The van der Waals surface area contributed by atoms with E-state index in [2.05, 4.69) is 10.3 Å². The van der Waals surface area contributed by atoms with Crippen LogP contribution in [0.25, 0.3) is 0 Å². The van der Waals surface area contributed by atoms with E-state index < -0.39 is 0 Å². The number of hydrogen-bond donors (Lipinski definition) is 2. The molecule has 1 aromatic carbocycles. The predicted molar refractivity (Wildman–Crippen MR) is 79.9 cm³/mol. The Kier molecular flexibility index (Phi) is 4.94. The first-order valence-corrected chi connectivity index (χ1v) is 6.75. The van der Waals surface area contributed by atoms with Crippen LogP contribution in [0.1, 0.15) is 23.9 Å². The summed E-state index contributed by atoms with van der Waals surface area (Å²) in [7, 11) is 3.57. The predicted octanol–water partition coefficient (Wildman–Crippen LogP) is 0.983. The van der Waals surface area contributed by atoms with E-state index in [1.807, 2.05) is 42.1 Å². The summed E-state index contributed by atoms with van der Waals surface area (Å²) >= 11 is 0. The third-order valence-electron chi connectivity index (χ3n) is 3.29. The van der Waals surface area contributed by atoms with Crippen LogP contribution in [0.15, 0.2) is 36.7 Å². The summed E-state index contributed by atoms with van der Waals surface area (Å²) in [6, 6.07) is 7.59. The molecule has 0 saturated heterocycles. The lowest BCUT2D eigenvalue weighted by Crippen LogP contribution is -2.29. The number of imidazole rings is 1. The van der Waals surface area contributed by atoms with Crippen LogP contribution in [-0.2, 0) is 11.8 Å². The Balaban J connectivity index is 2.31. The molecule has 0 aliphatic heterocycles. The van der Waals surface area contributed by atoms with E-state index in [-0.39, 0.29) is 18.4 Å². The molecule has 2 rings (SSSR count). The van der Waals surface area contributed by atoms with Crippen molar-refractivity contribution in [3.63, 3.8) is 0 Å². The first-order chi connectivity index (χ1) is 10.1. The molecule has 1 aromatic heterocycles. The molecule has 6 heteroatoms. The van der Waals surface area contributed by atoms with Gasteiger partial charge < -0.3 is 20.4 Å². The van der Waals surface area contributed by atoms with Crippen LogP contribution >= 0.6 is 0 Å². The molecule has 1 amide bonds. The van der Waals surface area contributed by atoms with Gasteiger partial charge in [-0.15, -0.1) is 0 Å². The van der Waals surface area contributed by atoms with Crippen LogP contribution < -0.4 is 15.8 Å². The highest BCUT2D eigenvalue weighted by Crippen LogP contribution is 2.28. The largest absolute Gasteiger partial charge is 0.496 e. The van der Waals surface area contributed by atoms with Gasteiger partial charge in [-0.1, -0.05) is 18.2 Å². The van der Waals surface area contributed by atoms with Gasteiger partial charge in [0.2, 0.25) is 5.91 Å². The average molecular weight is 288 g/mol. The summed E-state index contributed by atoms with van der Waals surface area (Å²) in [4.78, 5) is 15.3. The standard InChI is InChI=1S/C15H20N4O2/c1-19-10-9-18-15(19)14(17-8-7-13(16)20)11-5-3-4-6-12(11)21-2/h3-6,9-10,14,17H,7-8H2,1-2H3,(H2,16,20). The maximum atomic E-state index is 10.9. The van der Waals surface area contributed by atoms with Crippen molar-refractivity contribution < 1.29 is 9.53 Å². The molecule has 0 aliphatic carbocycles. The van der Waals surface area contributed by atoms with Crippen molar-refractivity contribution >= 4 is 5.91 Å². The lowest BCUT2D eigenvalue weighted by atomic mass is 10.0. The molecule has 1 unspecified atom stereocenters. The molecule has 6 nitrogen and oxygen atoms in total. The highest BCUT2D eigenvalue weighted by molar-refractivity contribution is 5.73. The maximum Gasteiger partial charge on any atom is 0.218 e. The third-order valence-corrected chi connectivity index (χ3v) is 3.29. The minimum absolute atomic E-state index is 0.166. The number of nitrogens with one attached hydrogen (secondary N) is 1. The molecule has 0 saturated carbocycles. The van der Waals surface area contributed by atoms with Gasteiger partial charge in [-0.05, 0) is 6.07 Å². The number of carbonyl (C=O) groups is 1. The number of carbonyl (C=O) groups excluding carboxylic acids is 1. The van der Waals surface area contributed by atoms with E-state index in [9.17, 15) is 4.79 Å². The minimum atomic E-state index is -0.332. The quantitative estimate of drug-likeness (QED) is 0.796. The number of benzene rings is 1. The molecule has 0 aliphatic rings. The zero-order valence-corrected chi connectivity index (χ0v) is 12.2. The molecule has 112 valence electrons. The highest BCUT2D eigenvalue weighted by Gasteiger charge is 2.21. The lowest BCUT2D eigenvalue weighted by molar-refractivity contribution is -0.117. The number of hydrogen-bond acceptors (Lipinski definition) is 4. The normalized spacial score (nSPS) is 12.1. The fourth-order valence-corrected chi connectivity index (χ4v) is 2.24. The second-order valence-electron chi connectivity index (χ2n) is 4.74. The van der Waals surface area contributed by atoms with Gasteiger partial charge in [0, 0.05) is 38.0 Å². The zero-order valence-electron chi connectivity index (χ0n) is 12.2. The highest BCUT2D eigenvalue weighted by atomic mass is 16.5. The number of amides is 1. The average Bonchev–Trinajstić information content (AvgIpc) is 2.89. The molecule has 2 aromatic rings. The summed E-state index contributed by atoms with van der Waals surface area (Å²) in [6.45, 7) is 0.477. The first kappa shape index (κ1) is 15.1. The summed E-state index contributed by atoms with van der Waals surface area (Å²) in [6.07, 6.45) is 3.90. The fourth-order valence-electron chi connectivity index (χ4n) is 2.24. The lowest BCUT2D eigenvalue weighted by Gasteiger charge is -2.21. The molecule has 21 heavy (non-hydrogen) atoms. The van der Waals surface area contributed by atoms with Crippen LogP contribution in [0.2, 0.25) is 0 Å². The van der Waals surface area contributed by atoms with E-state index in [0.29, 0.717) is 6.54 Å². The Labute approximate surface area is 123 Å². The summed E-state index contributed by atoms with van der Waals surface area (Å²) in [5.74, 6) is 1.29. The summed E-state index contributed by atoms with van der Waals surface area (Å²) in [5.41, 5.74) is 6.17. The van der Waals surface area contributed by atoms with E-state index in [4.69, 9.17) is 10.5 Å². The Morgan fingerprint density at radius 2 is 2.24 bits per heavy atom. The molecule has 1 heterocycles. The van der Waals surface area contributed by atoms with Crippen molar-refractivity contribution in [3.8, 4) is 5.75 Å². The maximum absolute atomic E-state index is 10.9. The van der Waals surface area contributed by atoms with E-state index in [1.54, 1.807) is 13.3 Å². The smallest absolute Gasteiger partial charge is 0.218 e. The minimum Gasteiger partial charge on any atom is -0.496 e. The van der Waals surface area contributed by atoms with Crippen molar-refractivity contribution in [3.05, 3.63) is 48.0 Å². The number of rotatable bonds is 7. The van der Waals surface area contributed by atoms with Crippen molar-refractivity contribution in [2.45, 2.75) is 12.5 Å². The summed E-state index contributed by atoms with van der Waals surface area (Å²) in [5, 5.41) is 3.32. The van der Waals surface area contributed by atoms with Gasteiger partial charge in [0.05, 0.1) is 13.2 Å². The molecule has 3 N–H and O–H groups in total. The number of ether oxygens (including phenoxy) is 1. The number of nitrogens with two attached hydrogens (primary N) is 1. The van der Waals surface area contributed by atoms with Crippen molar-refractivity contribution in [1.29, 1.82) is 0 Å². The Morgan fingerprint density at radius 1 is 1.48 bits per heavy atom. The van der Waals surface area contributed by atoms with Gasteiger partial charge in [-0.2, -0.15) is 0 Å². The van der Waals surface area contributed by atoms with E-state index >= 15 is 0 Å². The monoisotopic (exact) mass is 288 g/mol. The molecule has 0 bridgehead atoms. The molecular weight excluding hydrogens is 268 g/mol. The van der Waals surface area contributed by atoms with Gasteiger partial charge >= 0.3 is 0 Å². The third kappa shape index (κ3) is 3.61. The Hall–Kier alpha value is -2.34. The van der Waals surface area contributed by atoms with Crippen molar-refractivity contribution in [1.82, 2.24) is 14.9 Å². The van der Waals surface area contributed by atoms with E-state index in [0.717, 1.165) is 17.1 Å². The number of para-hydroxylation sites is 1. The van der Waals surface area contributed by atoms with Crippen LogP contribution in [0.4, 0.5) is 0 Å². The summed E-state index contributed by atoms with van der Waals surface area (Å²) < 4.78 is 7.36. The van der Waals surface area contributed by atoms with Gasteiger partial charge in [0.25, 0.3) is 0 Å². The van der Waals surface area contributed by atoms with Crippen LogP contribution in [0, 0.1) is 0 Å². The molecule has 0 fully saturated rings. The van der Waals surface area contributed by atoms with Gasteiger partial charge in [-0.3, -0.25) is 4.79 Å². The fraction of sp³-hybridized carbons (Fsp3) is 0.333. The van der Waals surface area contributed by atoms with Crippen molar-refractivity contribution in [2.24, 2.45) is 12.8 Å². The molecule has 0 radical (unpaired) electrons. The first-order valence-electron chi connectivity index (χ1n) is 6.75. The number of nitrogens with zero attached hydrogens (tertiary/aromatic N) is 2. The number of methoxy groups -OCH3 is 1. The van der Waals surface area contributed by atoms with Crippen LogP contribution in [0.5, 0.6) is 5.75 Å². The second kappa shape index (κ2) is 6.90. The van der Waals surface area contributed by atoms with Gasteiger partial charge in [0.1, 0.15) is 11.6 Å².